The van der Waals surface area contributed by atoms with Crippen molar-refractivity contribution in [1.82, 2.24) is 9.80 Å². The molecule has 0 aromatic heterocycles. The number of amides is 2. The van der Waals surface area contributed by atoms with Crippen molar-refractivity contribution in [3.8, 4) is 5.75 Å². The van der Waals surface area contributed by atoms with E-state index in [0.29, 0.717) is 12.3 Å². The minimum absolute atomic E-state index is 0.0419. The van der Waals surface area contributed by atoms with Gasteiger partial charge in [-0.1, -0.05) is 18.2 Å². The normalized spacial score (nSPS) is 17.0. The van der Waals surface area contributed by atoms with Crippen LogP contribution in [-0.2, 0) is 4.84 Å². The largest absolute Gasteiger partial charge is 0.491 e. The second kappa shape index (κ2) is 10.5. The van der Waals surface area contributed by atoms with Crippen LogP contribution >= 0.6 is 0 Å². The number of nitrogens with zero attached hydrogens (tertiary/aromatic N) is 4. The summed E-state index contributed by atoms with van der Waals surface area (Å²) in [6, 6.07) is 14.7. The number of hydrogen-bond donors (Lipinski definition) is 1. The molecule has 2 aliphatic heterocycles. The van der Waals surface area contributed by atoms with Crippen LogP contribution in [0, 0.1) is 10.1 Å². The highest BCUT2D eigenvalue weighted by Gasteiger charge is 2.35. The molecule has 2 aromatic rings. The van der Waals surface area contributed by atoms with Crippen LogP contribution in [0.1, 0.15) is 20.7 Å². The molecule has 11 heteroatoms. The van der Waals surface area contributed by atoms with E-state index in [2.05, 4.69) is 26.8 Å². The van der Waals surface area contributed by atoms with Gasteiger partial charge in [-0.2, -0.15) is 0 Å². The first-order chi connectivity index (χ1) is 16.4. The standard InChI is InChI=1S/C23H26N4O7/c28-18(15-24-8-10-25(11-9-24)17-4-2-1-3-5-17)16-33-19-6-7-20-21(14-19)23(30)26(22(20)29)12-13-34-27(31)32/h1-7,14,18,28H,8-13,15-16H2. The van der Waals surface area contributed by atoms with Crippen molar-refractivity contribution in [2.24, 2.45) is 0 Å². The molecule has 11 nitrogen and oxygen atoms in total. The topological polar surface area (TPSA) is 126 Å². The Morgan fingerprint density at radius 3 is 2.41 bits per heavy atom. The molecule has 180 valence electrons. The summed E-state index contributed by atoms with van der Waals surface area (Å²) in [5.74, 6) is -0.737. The van der Waals surface area contributed by atoms with Crippen molar-refractivity contribution in [2.45, 2.75) is 6.10 Å². The van der Waals surface area contributed by atoms with E-state index in [0.717, 1.165) is 31.1 Å². The number of anilines is 1. The highest BCUT2D eigenvalue weighted by atomic mass is 16.9. The zero-order valence-corrected chi connectivity index (χ0v) is 18.5. The Balaban J connectivity index is 1.25. The van der Waals surface area contributed by atoms with Crippen LogP contribution < -0.4 is 9.64 Å². The van der Waals surface area contributed by atoms with E-state index in [4.69, 9.17) is 4.74 Å². The van der Waals surface area contributed by atoms with Crippen LogP contribution in [0.15, 0.2) is 48.5 Å². The minimum atomic E-state index is -0.974. The monoisotopic (exact) mass is 470 g/mol. The van der Waals surface area contributed by atoms with Gasteiger partial charge in [-0.25, -0.2) is 0 Å². The zero-order valence-electron chi connectivity index (χ0n) is 18.5. The average Bonchev–Trinajstić information content (AvgIpc) is 3.08. The van der Waals surface area contributed by atoms with Crippen molar-refractivity contribution >= 4 is 17.5 Å². The van der Waals surface area contributed by atoms with Crippen LogP contribution in [0.3, 0.4) is 0 Å². The maximum Gasteiger partial charge on any atom is 0.294 e. The summed E-state index contributed by atoms with van der Waals surface area (Å²) in [4.78, 5) is 44.8. The molecule has 2 aliphatic rings. The summed E-state index contributed by atoms with van der Waals surface area (Å²) in [5, 5.41) is 19.7. The van der Waals surface area contributed by atoms with Crippen molar-refractivity contribution < 1.29 is 29.4 Å². The lowest BCUT2D eigenvalue weighted by atomic mass is 10.1. The molecule has 1 atom stereocenters. The third-order valence-electron chi connectivity index (χ3n) is 5.86. The number of rotatable bonds is 10. The molecule has 0 spiro atoms. The summed E-state index contributed by atoms with van der Waals surface area (Å²) in [5.41, 5.74) is 1.56. The van der Waals surface area contributed by atoms with Gasteiger partial charge in [0.05, 0.1) is 17.7 Å². The smallest absolute Gasteiger partial charge is 0.294 e. The van der Waals surface area contributed by atoms with Gasteiger partial charge in [0.1, 0.15) is 25.1 Å². The van der Waals surface area contributed by atoms with Gasteiger partial charge < -0.3 is 19.6 Å². The number of carbonyl (C=O) groups is 2. The van der Waals surface area contributed by atoms with Crippen molar-refractivity contribution in [2.75, 3.05) is 57.4 Å². The fourth-order valence-corrected chi connectivity index (χ4v) is 4.14. The number of β-amino-alcohol motifs (C(OH)–C–C–N with tert-alkyl or cyclic N) is 1. The number of imide groups is 1. The Labute approximate surface area is 196 Å². The van der Waals surface area contributed by atoms with Crippen molar-refractivity contribution in [1.29, 1.82) is 0 Å². The highest BCUT2D eigenvalue weighted by Crippen LogP contribution is 2.27. The summed E-state index contributed by atoms with van der Waals surface area (Å²) < 4.78 is 5.67. The number of aliphatic hydroxyl groups is 1. The van der Waals surface area contributed by atoms with Gasteiger partial charge in [0, 0.05) is 38.4 Å². The van der Waals surface area contributed by atoms with E-state index in [1.54, 1.807) is 6.07 Å². The lowest BCUT2D eigenvalue weighted by Gasteiger charge is -2.36. The number of fused-ring (bicyclic) bond motifs is 1. The summed E-state index contributed by atoms with van der Waals surface area (Å²) >= 11 is 0. The molecule has 0 aliphatic carbocycles. The molecule has 0 radical (unpaired) electrons. The first-order valence-electron chi connectivity index (χ1n) is 11.0. The number of piperazine rings is 1. The Kier molecular flexibility index (Phi) is 7.24. The lowest BCUT2D eigenvalue weighted by molar-refractivity contribution is -0.757. The van der Waals surface area contributed by atoms with Gasteiger partial charge in [0.25, 0.3) is 16.9 Å². The van der Waals surface area contributed by atoms with E-state index < -0.39 is 29.6 Å². The van der Waals surface area contributed by atoms with Crippen molar-refractivity contribution in [3.63, 3.8) is 0 Å². The van der Waals surface area contributed by atoms with Gasteiger partial charge >= 0.3 is 0 Å². The molecule has 2 heterocycles. The van der Waals surface area contributed by atoms with Gasteiger partial charge in [-0.05, 0) is 30.3 Å². The van der Waals surface area contributed by atoms with Gasteiger partial charge in [-0.15, -0.1) is 10.1 Å². The Hall–Kier alpha value is -3.70. The molecule has 1 N–H and O–H groups in total. The Bertz CT molecular complexity index is 1040. The van der Waals surface area contributed by atoms with E-state index in [1.807, 2.05) is 18.2 Å². The van der Waals surface area contributed by atoms with Gasteiger partial charge in [-0.3, -0.25) is 19.4 Å². The molecule has 1 fully saturated rings. The van der Waals surface area contributed by atoms with E-state index >= 15 is 0 Å². The highest BCUT2D eigenvalue weighted by molar-refractivity contribution is 6.21. The quantitative estimate of drug-likeness (QED) is 0.308. The molecule has 2 amide bonds. The summed E-state index contributed by atoms with van der Waals surface area (Å²) in [6.07, 6.45) is -0.718. The van der Waals surface area contributed by atoms with Crippen molar-refractivity contribution in [3.05, 3.63) is 69.8 Å². The van der Waals surface area contributed by atoms with Crippen LogP contribution in [0.2, 0.25) is 0 Å². The fourth-order valence-electron chi connectivity index (χ4n) is 4.14. The van der Waals surface area contributed by atoms with Crippen LogP contribution in [0.4, 0.5) is 5.69 Å². The second-order valence-electron chi connectivity index (χ2n) is 8.11. The average molecular weight is 470 g/mol. The third kappa shape index (κ3) is 5.43. The predicted molar refractivity (Wildman–Crippen MR) is 121 cm³/mol. The summed E-state index contributed by atoms with van der Waals surface area (Å²) in [6.45, 7) is 3.31. The first-order valence-corrected chi connectivity index (χ1v) is 11.0. The first kappa shape index (κ1) is 23.5. The number of carbonyl (C=O) groups excluding carboxylic acids is 2. The second-order valence-corrected chi connectivity index (χ2v) is 8.11. The molecular weight excluding hydrogens is 444 g/mol. The van der Waals surface area contributed by atoms with Gasteiger partial charge in [0.2, 0.25) is 0 Å². The lowest BCUT2D eigenvalue weighted by Crippen LogP contribution is -2.49. The molecule has 1 saturated heterocycles. The SMILES string of the molecule is O=C1c2ccc(OCC(O)CN3CCN(c4ccccc4)CC3)cc2C(=O)N1CCO[N+](=O)[O-]. The maximum atomic E-state index is 12.5. The minimum Gasteiger partial charge on any atom is -0.491 e. The molecule has 34 heavy (non-hydrogen) atoms. The van der Waals surface area contributed by atoms with E-state index in [9.17, 15) is 24.8 Å². The van der Waals surface area contributed by atoms with Gasteiger partial charge in [0.15, 0.2) is 0 Å². The number of hydrogen-bond acceptors (Lipinski definition) is 9. The number of aliphatic hydroxyl groups excluding tert-OH is 1. The van der Waals surface area contributed by atoms with E-state index in [-0.39, 0.29) is 24.3 Å². The van der Waals surface area contributed by atoms with Crippen LogP contribution in [0.25, 0.3) is 0 Å². The molecule has 4 rings (SSSR count). The van der Waals surface area contributed by atoms with Crippen LogP contribution in [0.5, 0.6) is 5.75 Å². The van der Waals surface area contributed by atoms with Crippen LogP contribution in [-0.4, -0.2) is 90.4 Å². The van der Waals surface area contributed by atoms with E-state index in [1.165, 1.54) is 17.8 Å². The molecule has 0 bridgehead atoms. The number of para-hydroxylation sites is 1. The maximum absolute atomic E-state index is 12.5. The molecular formula is C23H26N4O7. The molecule has 1 unspecified atom stereocenters. The molecule has 0 saturated carbocycles. The Morgan fingerprint density at radius 2 is 1.71 bits per heavy atom. The summed E-state index contributed by atoms with van der Waals surface area (Å²) in [7, 11) is 0. The zero-order chi connectivity index (χ0) is 24.1. The Morgan fingerprint density at radius 1 is 1.00 bits per heavy atom. The number of benzene rings is 2. The third-order valence-corrected chi connectivity index (χ3v) is 5.86. The molecule has 2 aromatic carbocycles. The number of ether oxygens (including phenoxy) is 1. The predicted octanol–water partition coefficient (Wildman–Crippen LogP) is 1.05. The fraction of sp³-hybridized carbons (Fsp3) is 0.391.